The fourth-order valence-corrected chi connectivity index (χ4v) is 3.71. The van der Waals surface area contributed by atoms with Crippen LogP contribution in [0.15, 0.2) is 41.3 Å². The maximum Gasteiger partial charge on any atom is 0.0954 e. The topological polar surface area (TPSA) is 43.8 Å². The molecule has 0 radical (unpaired) electrons. The molecule has 106 valence electrons. The molecule has 4 heteroatoms. The molecule has 1 aromatic carbocycles. The van der Waals surface area contributed by atoms with Gasteiger partial charge in [0.2, 0.25) is 0 Å². The van der Waals surface area contributed by atoms with Crippen LogP contribution in [0, 0.1) is 5.92 Å². The Labute approximate surface area is 128 Å². The van der Waals surface area contributed by atoms with Crippen LogP contribution < -0.4 is 5.73 Å². The molecule has 0 aliphatic heterocycles. The zero-order chi connectivity index (χ0) is 13.9. The minimum Gasteiger partial charge on any atom is -0.328 e. The van der Waals surface area contributed by atoms with Crippen molar-refractivity contribution in [2.45, 2.75) is 31.7 Å². The molecule has 2 aromatic rings. The molecule has 3 nitrogen and oxygen atoms in total. The lowest BCUT2D eigenvalue weighted by molar-refractivity contribution is 0.344. The highest BCUT2D eigenvalue weighted by Gasteiger charge is 2.26. The quantitative estimate of drug-likeness (QED) is 0.918. The third-order valence-corrected chi connectivity index (χ3v) is 4.82. The molecule has 0 saturated heterocycles. The molecular formula is C16H20BrN3. The third kappa shape index (κ3) is 2.67. The molecule has 1 aliphatic rings. The summed E-state index contributed by atoms with van der Waals surface area (Å²) in [5.41, 5.74) is 8.41. The van der Waals surface area contributed by atoms with E-state index in [9.17, 15) is 0 Å². The summed E-state index contributed by atoms with van der Waals surface area (Å²) in [5, 5.41) is 0. The van der Waals surface area contributed by atoms with Gasteiger partial charge in [-0.1, -0.05) is 40.9 Å². The van der Waals surface area contributed by atoms with E-state index in [1.54, 1.807) is 0 Å². The fourth-order valence-electron chi connectivity index (χ4n) is 3.32. The summed E-state index contributed by atoms with van der Waals surface area (Å²) in [4.78, 5) is 4.36. The summed E-state index contributed by atoms with van der Waals surface area (Å²) < 4.78 is 3.37. The van der Waals surface area contributed by atoms with E-state index in [1.165, 1.54) is 31.2 Å². The highest BCUT2D eigenvalue weighted by molar-refractivity contribution is 9.10. The van der Waals surface area contributed by atoms with E-state index in [2.05, 4.69) is 43.7 Å². The van der Waals surface area contributed by atoms with Gasteiger partial charge < -0.3 is 10.3 Å². The predicted molar refractivity (Wildman–Crippen MR) is 85.4 cm³/mol. The van der Waals surface area contributed by atoms with Gasteiger partial charge in [0.15, 0.2) is 0 Å². The van der Waals surface area contributed by atoms with Crippen LogP contribution in [0.4, 0.5) is 0 Å². The summed E-state index contributed by atoms with van der Waals surface area (Å²) in [7, 11) is 0. The van der Waals surface area contributed by atoms with Crippen molar-refractivity contribution in [3.63, 3.8) is 0 Å². The average Bonchev–Trinajstić information content (AvgIpc) is 3.11. The second-order valence-electron chi connectivity index (χ2n) is 5.54. The lowest BCUT2D eigenvalue weighted by Crippen LogP contribution is -2.25. The largest absolute Gasteiger partial charge is 0.328 e. The van der Waals surface area contributed by atoms with Gasteiger partial charge in [-0.3, -0.25) is 0 Å². The Morgan fingerprint density at radius 2 is 2.15 bits per heavy atom. The predicted octanol–water partition coefficient (Wildman–Crippen LogP) is 4.00. The van der Waals surface area contributed by atoms with E-state index in [-0.39, 0.29) is 0 Å². The normalized spacial score (nSPS) is 17.5. The minimum absolute atomic E-state index is 0.369. The number of hydrogen-bond acceptors (Lipinski definition) is 2. The molecule has 1 saturated carbocycles. The Morgan fingerprint density at radius 1 is 1.35 bits per heavy atom. The van der Waals surface area contributed by atoms with Crippen LogP contribution in [0.1, 0.15) is 31.7 Å². The number of hydrogen-bond donors (Lipinski definition) is 1. The number of aromatic nitrogens is 2. The average molecular weight is 334 g/mol. The molecule has 1 heterocycles. The Balaban J connectivity index is 1.96. The molecule has 0 amide bonds. The van der Waals surface area contributed by atoms with E-state index in [0.29, 0.717) is 18.5 Å². The van der Waals surface area contributed by atoms with Gasteiger partial charge in [-0.15, -0.1) is 0 Å². The number of benzene rings is 1. The lowest BCUT2D eigenvalue weighted by atomic mass is 9.97. The zero-order valence-corrected chi connectivity index (χ0v) is 13.1. The second-order valence-corrected chi connectivity index (χ2v) is 6.46. The van der Waals surface area contributed by atoms with Gasteiger partial charge in [-0.25, -0.2) is 4.98 Å². The van der Waals surface area contributed by atoms with Crippen molar-refractivity contribution < 1.29 is 0 Å². The SMILES string of the molecule is NCC(C1CCCC1)n1cncc1-c1cccc(Br)c1. The van der Waals surface area contributed by atoms with Crippen LogP contribution in [0.5, 0.6) is 0 Å². The van der Waals surface area contributed by atoms with E-state index in [0.717, 1.165) is 10.2 Å². The van der Waals surface area contributed by atoms with E-state index < -0.39 is 0 Å². The standard InChI is InChI=1S/C16H20BrN3/c17-14-7-3-6-13(8-14)16-10-19-11-20(16)15(9-18)12-4-1-2-5-12/h3,6-8,10-12,15H,1-2,4-5,9,18H2. The van der Waals surface area contributed by atoms with Crippen LogP contribution in [0.25, 0.3) is 11.3 Å². The Hall–Kier alpha value is -1.13. The molecule has 1 unspecified atom stereocenters. The Morgan fingerprint density at radius 3 is 2.85 bits per heavy atom. The monoisotopic (exact) mass is 333 g/mol. The zero-order valence-electron chi connectivity index (χ0n) is 11.5. The third-order valence-electron chi connectivity index (χ3n) is 4.33. The first-order valence-corrected chi connectivity index (χ1v) is 8.06. The highest BCUT2D eigenvalue weighted by atomic mass is 79.9. The van der Waals surface area contributed by atoms with Crippen LogP contribution in [0.2, 0.25) is 0 Å². The first-order chi connectivity index (χ1) is 9.79. The lowest BCUT2D eigenvalue weighted by Gasteiger charge is -2.25. The summed E-state index contributed by atoms with van der Waals surface area (Å²) in [5.74, 6) is 0.695. The number of nitrogens with zero attached hydrogens (tertiary/aromatic N) is 2. The summed E-state index contributed by atoms with van der Waals surface area (Å²) in [6.45, 7) is 0.683. The Kier molecular flexibility index (Phi) is 4.22. The van der Waals surface area contributed by atoms with E-state index in [4.69, 9.17) is 5.73 Å². The number of nitrogens with two attached hydrogens (primary N) is 1. The molecular weight excluding hydrogens is 314 g/mol. The number of imidazole rings is 1. The molecule has 0 spiro atoms. The summed E-state index contributed by atoms with van der Waals surface area (Å²) >= 11 is 3.54. The molecule has 3 rings (SSSR count). The molecule has 1 aromatic heterocycles. The van der Waals surface area contributed by atoms with Crippen molar-refractivity contribution in [1.82, 2.24) is 9.55 Å². The van der Waals surface area contributed by atoms with Gasteiger partial charge in [0.05, 0.1) is 24.3 Å². The molecule has 20 heavy (non-hydrogen) atoms. The van der Waals surface area contributed by atoms with Crippen molar-refractivity contribution in [3.8, 4) is 11.3 Å². The van der Waals surface area contributed by atoms with Crippen LogP contribution in [0.3, 0.4) is 0 Å². The molecule has 2 N–H and O–H groups in total. The van der Waals surface area contributed by atoms with Crippen molar-refractivity contribution >= 4 is 15.9 Å². The minimum atomic E-state index is 0.369. The van der Waals surface area contributed by atoms with Gasteiger partial charge >= 0.3 is 0 Å². The Bertz CT molecular complexity index is 573. The molecule has 0 bridgehead atoms. The second kappa shape index (κ2) is 6.10. The van der Waals surface area contributed by atoms with Gasteiger partial charge in [-0.2, -0.15) is 0 Å². The van der Waals surface area contributed by atoms with Crippen LogP contribution >= 0.6 is 15.9 Å². The van der Waals surface area contributed by atoms with E-state index in [1.807, 2.05) is 18.6 Å². The van der Waals surface area contributed by atoms with Crippen molar-refractivity contribution in [2.24, 2.45) is 11.7 Å². The summed E-state index contributed by atoms with van der Waals surface area (Å²) in [6.07, 6.45) is 9.13. The number of halogens is 1. The smallest absolute Gasteiger partial charge is 0.0954 e. The van der Waals surface area contributed by atoms with Gasteiger partial charge in [0.25, 0.3) is 0 Å². The first-order valence-electron chi connectivity index (χ1n) is 7.27. The maximum atomic E-state index is 6.06. The maximum absolute atomic E-state index is 6.06. The number of rotatable bonds is 4. The van der Waals surface area contributed by atoms with Gasteiger partial charge in [0.1, 0.15) is 0 Å². The van der Waals surface area contributed by atoms with E-state index >= 15 is 0 Å². The fraction of sp³-hybridized carbons (Fsp3) is 0.438. The van der Waals surface area contributed by atoms with Gasteiger partial charge in [-0.05, 0) is 30.9 Å². The first kappa shape index (κ1) is 13.8. The van der Waals surface area contributed by atoms with Crippen LogP contribution in [-0.2, 0) is 0 Å². The van der Waals surface area contributed by atoms with Crippen LogP contribution in [-0.4, -0.2) is 16.1 Å². The van der Waals surface area contributed by atoms with Gasteiger partial charge in [0, 0.05) is 16.6 Å². The molecule has 1 atom stereocenters. The highest BCUT2D eigenvalue weighted by Crippen LogP contribution is 2.36. The van der Waals surface area contributed by atoms with Crippen molar-refractivity contribution in [2.75, 3.05) is 6.54 Å². The summed E-state index contributed by atoms with van der Waals surface area (Å²) in [6, 6.07) is 8.73. The molecule has 1 fully saturated rings. The molecule has 1 aliphatic carbocycles. The van der Waals surface area contributed by atoms with Crippen molar-refractivity contribution in [3.05, 3.63) is 41.3 Å². The van der Waals surface area contributed by atoms with Crippen molar-refractivity contribution in [1.29, 1.82) is 0 Å².